The number of nitrogens with zero attached hydrogens (tertiary/aromatic N) is 1. The third-order valence-corrected chi connectivity index (χ3v) is 3.30. The van der Waals surface area contributed by atoms with E-state index in [1.807, 2.05) is 11.6 Å². The standard InChI is InChI=1S/C13H13N3O2/c1-16-10-4-12(17)8(14)2-6(10)7-3-9(15)13(18)5-11(7)16/h2-5,17-18H,14-15H2,1H3. The molecule has 0 amide bonds. The fraction of sp³-hybridized carbons (Fsp3) is 0.0769. The molecule has 0 unspecified atom stereocenters. The summed E-state index contributed by atoms with van der Waals surface area (Å²) < 4.78 is 1.88. The number of aromatic nitrogens is 1. The highest BCUT2D eigenvalue weighted by Crippen LogP contribution is 2.37. The SMILES string of the molecule is Cn1c2cc(O)c(N)cc2c2cc(N)c(O)cc21. The van der Waals surface area contributed by atoms with E-state index in [9.17, 15) is 10.2 Å². The first-order valence-corrected chi connectivity index (χ1v) is 5.48. The van der Waals surface area contributed by atoms with Crippen molar-refractivity contribution in [2.24, 2.45) is 7.05 Å². The van der Waals surface area contributed by atoms with Crippen LogP contribution in [0, 0.1) is 0 Å². The van der Waals surface area contributed by atoms with Gasteiger partial charge in [0.25, 0.3) is 0 Å². The minimum absolute atomic E-state index is 0.0469. The molecule has 0 aliphatic rings. The molecule has 5 heteroatoms. The molecule has 2 aromatic carbocycles. The molecule has 0 fully saturated rings. The number of anilines is 2. The summed E-state index contributed by atoms with van der Waals surface area (Å²) in [6.07, 6.45) is 0. The van der Waals surface area contributed by atoms with Crippen LogP contribution in [0.4, 0.5) is 11.4 Å². The highest BCUT2D eigenvalue weighted by atomic mass is 16.3. The molecule has 0 bridgehead atoms. The molecular formula is C13H13N3O2. The molecule has 92 valence electrons. The molecule has 0 radical (unpaired) electrons. The zero-order valence-corrected chi connectivity index (χ0v) is 9.81. The lowest BCUT2D eigenvalue weighted by Gasteiger charge is -2.01. The number of benzene rings is 2. The maximum absolute atomic E-state index is 9.66. The summed E-state index contributed by atoms with van der Waals surface area (Å²) >= 11 is 0. The van der Waals surface area contributed by atoms with Crippen LogP contribution in [0.15, 0.2) is 24.3 Å². The van der Waals surface area contributed by atoms with Crippen molar-refractivity contribution in [3.63, 3.8) is 0 Å². The highest BCUT2D eigenvalue weighted by molar-refractivity contribution is 6.11. The Morgan fingerprint density at radius 2 is 1.22 bits per heavy atom. The smallest absolute Gasteiger partial charge is 0.140 e. The second-order valence-electron chi connectivity index (χ2n) is 4.42. The highest BCUT2D eigenvalue weighted by Gasteiger charge is 2.12. The molecule has 6 N–H and O–H groups in total. The molecule has 3 aromatic rings. The van der Waals surface area contributed by atoms with E-state index in [2.05, 4.69) is 0 Å². The van der Waals surface area contributed by atoms with E-state index < -0.39 is 0 Å². The number of hydrogen-bond acceptors (Lipinski definition) is 4. The van der Waals surface area contributed by atoms with Gasteiger partial charge in [0.2, 0.25) is 0 Å². The van der Waals surface area contributed by atoms with E-state index in [0.29, 0.717) is 11.4 Å². The molecule has 1 aromatic heterocycles. The van der Waals surface area contributed by atoms with Crippen molar-refractivity contribution in [3.8, 4) is 11.5 Å². The first-order chi connectivity index (χ1) is 8.49. The van der Waals surface area contributed by atoms with Crippen LogP contribution in [-0.4, -0.2) is 14.8 Å². The summed E-state index contributed by atoms with van der Waals surface area (Å²) in [6, 6.07) is 6.64. The van der Waals surface area contributed by atoms with Crippen molar-refractivity contribution in [1.29, 1.82) is 0 Å². The first-order valence-electron chi connectivity index (χ1n) is 5.48. The van der Waals surface area contributed by atoms with E-state index in [4.69, 9.17) is 11.5 Å². The number of rotatable bonds is 0. The monoisotopic (exact) mass is 243 g/mol. The number of phenols is 2. The van der Waals surface area contributed by atoms with E-state index >= 15 is 0 Å². The van der Waals surface area contributed by atoms with Crippen LogP contribution in [0.3, 0.4) is 0 Å². The van der Waals surface area contributed by atoms with Gasteiger partial charge in [-0.05, 0) is 12.1 Å². The zero-order chi connectivity index (χ0) is 13.0. The van der Waals surface area contributed by atoms with Crippen molar-refractivity contribution >= 4 is 33.2 Å². The Balaban J connectivity index is 2.58. The van der Waals surface area contributed by atoms with Crippen LogP contribution < -0.4 is 11.5 Å². The lowest BCUT2D eigenvalue weighted by atomic mass is 10.1. The Morgan fingerprint density at radius 3 is 1.61 bits per heavy atom. The summed E-state index contributed by atoms with van der Waals surface area (Å²) in [5, 5.41) is 21.1. The molecule has 1 heterocycles. The topological polar surface area (TPSA) is 97.4 Å². The molecule has 3 rings (SSSR count). The molecule has 0 saturated heterocycles. The van der Waals surface area contributed by atoms with Crippen molar-refractivity contribution in [2.75, 3.05) is 11.5 Å². The Labute approximate surface area is 103 Å². The minimum atomic E-state index is 0.0469. The van der Waals surface area contributed by atoms with Crippen molar-refractivity contribution in [2.45, 2.75) is 0 Å². The Morgan fingerprint density at radius 1 is 0.833 bits per heavy atom. The van der Waals surface area contributed by atoms with Crippen LogP contribution >= 0.6 is 0 Å². The second kappa shape index (κ2) is 3.22. The summed E-state index contributed by atoms with van der Waals surface area (Å²) in [6.45, 7) is 0. The van der Waals surface area contributed by atoms with Gasteiger partial charge < -0.3 is 26.2 Å². The van der Waals surface area contributed by atoms with Gasteiger partial charge in [-0.3, -0.25) is 0 Å². The van der Waals surface area contributed by atoms with E-state index in [1.165, 1.54) is 0 Å². The van der Waals surface area contributed by atoms with Crippen LogP contribution in [-0.2, 0) is 7.05 Å². The van der Waals surface area contributed by atoms with Gasteiger partial charge in [-0.2, -0.15) is 0 Å². The maximum Gasteiger partial charge on any atom is 0.140 e. The third-order valence-electron chi connectivity index (χ3n) is 3.30. The average Bonchev–Trinajstić information content (AvgIpc) is 2.56. The number of nitrogen functional groups attached to an aromatic ring is 2. The molecule has 0 aliphatic carbocycles. The van der Waals surface area contributed by atoms with Gasteiger partial charge in [-0.1, -0.05) is 0 Å². The summed E-state index contributed by atoms with van der Waals surface area (Å²) in [5.41, 5.74) is 13.7. The van der Waals surface area contributed by atoms with Crippen LogP contribution in [0.2, 0.25) is 0 Å². The quantitative estimate of drug-likeness (QED) is 0.358. The first kappa shape index (κ1) is 10.6. The maximum atomic E-state index is 9.66. The van der Waals surface area contributed by atoms with Crippen LogP contribution in [0.1, 0.15) is 0 Å². The third kappa shape index (κ3) is 1.21. The Hall–Kier alpha value is -2.56. The van der Waals surface area contributed by atoms with Crippen LogP contribution in [0.5, 0.6) is 11.5 Å². The number of aromatic hydroxyl groups is 2. The number of aryl methyl sites for hydroxylation is 1. The van der Waals surface area contributed by atoms with Gasteiger partial charge in [0.1, 0.15) is 11.5 Å². The number of hydrogen-bond donors (Lipinski definition) is 4. The number of fused-ring (bicyclic) bond motifs is 3. The van der Waals surface area contributed by atoms with Crippen molar-refractivity contribution in [1.82, 2.24) is 4.57 Å². The number of phenolic OH excluding ortho intramolecular Hbond substituents is 2. The average molecular weight is 243 g/mol. The van der Waals surface area contributed by atoms with Crippen molar-refractivity contribution < 1.29 is 10.2 Å². The Kier molecular flexibility index (Phi) is 1.90. The molecule has 5 nitrogen and oxygen atoms in total. The van der Waals surface area contributed by atoms with Crippen molar-refractivity contribution in [3.05, 3.63) is 24.3 Å². The lowest BCUT2D eigenvalue weighted by molar-refractivity contribution is 0.478. The summed E-state index contributed by atoms with van der Waals surface area (Å²) in [7, 11) is 1.86. The summed E-state index contributed by atoms with van der Waals surface area (Å²) in [4.78, 5) is 0. The van der Waals surface area contributed by atoms with Gasteiger partial charge in [0.15, 0.2) is 0 Å². The fourth-order valence-electron chi connectivity index (χ4n) is 2.30. The molecule has 0 saturated carbocycles. The zero-order valence-electron chi connectivity index (χ0n) is 9.81. The minimum Gasteiger partial charge on any atom is -0.506 e. The second-order valence-corrected chi connectivity index (χ2v) is 4.42. The van der Waals surface area contributed by atoms with Gasteiger partial charge in [-0.15, -0.1) is 0 Å². The number of nitrogens with two attached hydrogens (primary N) is 2. The lowest BCUT2D eigenvalue weighted by Crippen LogP contribution is -1.89. The van der Waals surface area contributed by atoms with Gasteiger partial charge in [0, 0.05) is 30.0 Å². The Bertz CT molecular complexity index is 725. The normalized spacial score (nSPS) is 11.4. The molecule has 18 heavy (non-hydrogen) atoms. The summed E-state index contributed by atoms with van der Waals surface area (Å²) in [5.74, 6) is 0.0937. The molecule has 0 atom stereocenters. The fourth-order valence-corrected chi connectivity index (χ4v) is 2.30. The van der Waals surface area contributed by atoms with Crippen LogP contribution in [0.25, 0.3) is 21.8 Å². The van der Waals surface area contributed by atoms with Gasteiger partial charge >= 0.3 is 0 Å². The predicted molar refractivity (Wildman–Crippen MR) is 72.6 cm³/mol. The molecular weight excluding hydrogens is 230 g/mol. The van der Waals surface area contributed by atoms with Gasteiger partial charge in [-0.25, -0.2) is 0 Å². The van der Waals surface area contributed by atoms with E-state index in [0.717, 1.165) is 21.8 Å². The molecule has 0 aliphatic heterocycles. The van der Waals surface area contributed by atoms with Gasteiger partial charge in [0.05, 0.1) is 22.4 Å². The largest absolute Gasteiger partial charge is 0.506 e. The van der Waals surface area contributed by atoms with E-state index in [-0.39, 0.29) is 11.5 Å². The predicted octanol–water partition coefficient (Wildman–Crippen LogP) is 1.91. The van der Waals surface area contributed by atoms with E-state index in [1.54, 1.807) is 24.3 Å². The molecule has 0 spiro atoms.